The molecular formula is C15H9Cl3N4O3S. The quantitative estimate of drug-likeness (QED) is 0.639. The number of hydrogen-bond donors (Lipinski definition) is 1. The van der Waals surface area contributed by atoms with Crippen molar-refractivity contribution in [3.05, 3.63) is 74.3 Å². The summed E-state index contributed by atoms with van der Waals surface area (Å²) in [6.07, 6.45) is 2.53. The lowest BCUT2D eigenvalue weighted by molar-refractivity contribution is 0.601. The Morgan fingerprint density at radius 3 is 2.27 bits per heavy atom. The monoisotopic (exact) mass is 430 g/mol. The first kappa shape index (κ1) is 18.7. The minimum atomic E-state index is -3.84. The Kier molecular flexibility index (Phi) is 5.19. The van der Waals surface area contributed by atoms with Crippen LogP contribution in [0.4, 0.5) is 5.69 Å². The Labute approximate surface area is 163 Å². The van der Waals surface area contributed by atoms with Crippen LogP contribution in [0.1, 0.15) is 0 Å². The normalized spacial score (nSPS) is 11.3. The summed E-state index contributed by atoms with van der Waals surface area (Å²) in [5, 5.41) is 3.99. The summed E-state index contributed by atoms with van der Waals surface area (Å²) in [6.45, 7) is 0. The summed E-state index contributed by atoms with van der Waals surface area (Å²) in [5.41, 5.74) is -0.0124. The van der Waals surface area contributed by atoms with Gasteiger partial charge in [0.25, 0.3) is 15.6 Å². The first-order valence-electron chi connectivity index (χ1n) is 6.96. The van der Waals surface area contributed by atoms with Gasteiger partial charge < -0.3 is 0 Å². The molecule has 0 radical (unpaired) electrons. The fourth-order valence-corrected chi connectivity index (χ4v) is 3.42. The number of nitrogens with one attached hydrogen (secondary N) is 1. The number of anilines is 1. The zero-order valence-electron chi connectivity index (χ0n) is 12.7. The van der Waals surface area contributed by atoms with Crippen LogP contribution < -0.4 is 10.3 Å². The van der Waals surface area contributed by atoms with E-state index in [0.717, 1.165) is 4.68 Å². The Balaban J connectivity index is 1.91. The highest BCUT2D eigenvalue weighted by Gasteiger charge is 2.15. The smallest absolute Gasteiger partial charge is 0.278 e. The Hall–Kier alpha value is -2.13. The molecule has 3 aromatic rings. The lowest BCUT2D eigenvalue weighted by Crippen LogP contribution is -2.21. The lowest BCUT2D eigenvalue weighted by Gasteiger charge is -2.09. The second-order valence-electron chi connectivity index (χ2n) is 4.99. The molecule has 7 nitrogen and oxygen atoms in total. The topological polar surface area (TPSA) is 94.0 Å². The van der Waals surface area contributed by atoms with Crippen LogP contribution in [0.5, 0.6) is 0 Å². The van der Waals surface area contributed by atoms with Crippen molar-refractivity contribution in [2.24, 2.45) is 0 Å². The summed E-state index contributed by atoms with van der Waals surface area (Å²) in [5.74, 6) is 0. The molecule has 0 saturated carbocycles. The van der Waals surface area contributed by atoms with Gasteiger partial charge in [-0.25, -0.2) is 13.4 Å². The van der Waals surface area contributed by atoms with Crippen LogP contribution in [-0.2, 0) is 10.0 Å². The van der Waals surface area contributed by atoms with Crippen molar-refractivity contribution >= 4 is 50.5 Å². The maximum atomic E-state index is 12.4. The minimum absolute atomic E-state index is 0.00990. The molecule has 0 aliphatic carbocycles. The van der Waals surface area contributed by atoms with E-state index in [2.05, 4.69) is 14.8 Å². The van der Waals surface area contributed by atoms with Crippen molar-refractivity contribution in [1.82, 2.24) is 14.8 Å². The van der Waals surface area contributed by atoms with E-state index in [1.54, 1.807) is 0 Å². The average Bonchev–Trinajstić information content (AvgIpc) is 2.62. The third-order valence-electron chi connectivity index (χ3n) is 3.25. The second-order valence-corrected chi connectivity index (χ2v) is 7.85. The van der Waals surface area contributed by atoms with Crippen molar-refractivity contribution in [1.29, 1.82) is 0 Å². The third kappa shape index (κ3) is 3.83. The van der Waals surface area contributed by atoms with Gasteiger partial charge >= 0.3 is 0 Å². The third-order valence-corrected chi connectivity index (χ3v) is 5.62. The number of pyridine rings is 1. The standard InChI is InChI=1S/C15H9Cl3N4O3S/c16-12-8-20-22(15(23)14(12)18)10-2-4-11(5-3-10)26(24,25)21-9-1-6-13(17)19-7-9/h1-8,21H. The van der Waals surface area contributed by atoms with E-state index in [1.807, 2.05) is 0 Å². The zero-order chi connectivity index (χ0) is 18.9. The van der Waals surface area contributed by atoms with Gasteiger partial charge in [-0.05, 0) is 36.4 Å². The van der Waals surface area contributed by atoms with Gasteiger partial charge in [0.2, 0.25) is 0 Å². The molecule has 0 aliphatic heterocycles. The Morgan fingerprint density at radius 2 is 1.65 bits per heavy atom. The van der Waals surface area contributed by atoms with E-state index >= 15 is 0 Å². The number of aromatic nitrogens is 3. The van der Waals surface area contributed by atoms with Crippen LogP contribution in [0.3, 0.4) is 0 Å². The minimum Gasteiger partial charge on any atom is -0.278 e. The summed E-state index contributed by atoms with van der Waals surface area (Å²) in [4.78, 5) is 15.9. The van der Waals surface area contributed by atoms with E-state index in [1.165, 1.54) is 48.8 Å². The van der Waals surface area contributed by atoms with Gasteiger partial charge in [0, 0.05) is 0 Å². The fraction of sp³-hybridized carbons (Fsp3) is 0. The maximum Gasteiger partial charge on any atom is 0.291 e. The predicted octanol–water partition coefficient (Wildman–Crippen LogP) is 3.39. The molecule has 0 unspecified atom stereocenters. The average molecular weight is 432 g/mol. The molecule has 0 atom stereocenters. The van der Waals surface area contributed by atoms with Gasteiger partial charge in [0.1, 0.15) is 10.2 Å². The van der Waals surface area contributed by atoms with Crippen LogP contribution >= 0.6 is 34.8 Å². The molecule has 0 fully saturated rings. The van der Waals surface area contributed by atoms with E-state index in [0.29, 0.717) is 5.69 Å². The number of rotatable bonds is 4. The van der Waals surface area contributed by atoms with Crippen LogP contribution in [0.15, 0.2) is 58.5 Å². The lowest BCUT2D eigenvalue weighted by atomic mass is 10.3. The first-order chi connectivity index (χ1) is 12.3. The Morgan fingerprint density at radius 1 is 0.962 bits per heavy atom. The Bertz CT molecular complexity index is 1110. The SMILES string of the molecule is O=c1c(Cl)c(Cl)cnn1-c1ccc(S(=O)(=O)Nc2ccc(Cl)nc2)cc1. The van der Waals surface area contributed by atoms with Crippen molar-refractivity contribution in [2.45, 2.75) is 4.90 Å². The second kappa shape index (κ2) is 7.24. The van der Waals surface area contributed by atoms with Gasteiger partial charge in [-0.2, -0.15) is 9.78 Å². The number of hydrogen-bond acceptors (Lipinski definition) is 5. The number of halogens is 3. The van der Waals surface area contributed by atoms with Crippen molar-refractivity contribution in [3.8, 4) is 5.69 Å². The van der Waals surface area contributed by atoms with Crippen molar-refractivity contribution < 1.29 is 8.42 Å². The highest BCUT2D eigenvalue weighted by Crippen LogP contribution is 2.19. The van der Waals surface area contributed by atoms with Crippen molar-refractivity contribution in [3.63, 3.8) is 0 Å². The van der Waals surface area contributed by atoms with E-state index < -0.39 is 15.6 Å². The van der Waals surface area contributed by atoms with E-state index in [4.69, 9.17) is 34.8 Å². The molecular weight excluding hydrogens is 423 g/mol. The first-order valence-corrected chi connectivity index (χ1v) is 9.58. The predicted molar refractivity (Wildman–Crippen MR) is 99.9 cm³/mol. The zero-order valence-corrected chi connectivity index (χ0v) is 15.8. The fourth-order valence-electron chi connectivity index (χ4n) is 2.01. The molecule has 1 N–H and O–H groups in total. The molecule has 0 amide bonds. The molecule has 2 aromatic heterocycles. The van der Waals surface area contributed by atoms with Crippen LogP contribution in [0.25, 0.3) is 5.69 Å². The molecule has 2 heterocycles. The van der Waals surface area contributed by atoms with Crippen LogP contribution in [0, 0.1) is 0 Å². The molecule has 134 valence electrons. The van der Waals surface area contributed by atoms with Crippen LogP contribution in [0.2, 0.25) is 15.2 Å². The van der Waals surface area contributed by atoms with E-state index in [-0.39, 0.29) is 25.8 Å². The van der Waals surface area contributed by atoms with Crippen molar-refractivity contribution in [2.75, 3.05) is 4.72 Å². The molecule has 3 rings (SSSR count). The molecule has 11 heteroatoms. The number of benzene rings is 1. The summed E-state index contributed by atoms with van der Waals surface area (Å²) in [6, 6.07) is 8.46. The summed E-state index contributed by atoms with van der Waals surface area (Å²) < 4.78 is 28.2. The van der Waals surface area contributed by atoms with Gasteiger partial charge in [-0.3, -0.25) is 9.52 Å². The van der Waals surface area contributed by atoms with Gasteiger partial charge in [0.05, 0.1) is 33.7 Å². The highest BCUT2D eigenvalue weighted by molar-refractivity contribution is 7.92. The number of nitrogens with zero attached hydrogens (tertiary/aromatic N) is 3. The van der Waals surface area contributed by atoms with Gasteiger partial charge in [-0.15, -0.1) is 0 Å². The molecule has 0 aliphatic rings. The largest absolute Gasteiger partial charge is 0.291 e. The van der Waals surface area contributed by atoms with Gasteiger partial charge in [-0.1, -0.05) is 34.8 Å². The highest BCUT2D eigenvalue weighted by atomic mass is 35.5. The molecule has 0 spiro atoms. The molecule has 0 bridgehead atoms. The number of sulfonamides is 1. The van der Waals surface area contributed by atoms with E-state index in [9.17, 15) is 13.2 Å². The molecule has 1 aromatic carbocycles. The molecule has 0 saturated heterocycles. The van der Waals surface area contributed by atoms with Crippen LogP contribution in [-0.4, -0.2) is 23.2 Å². The molecule has 26 heavy (non-hydrogen) atoms. The van der Waals surface area contributed by atoms with Gasteiger partial charge in [0.15, 0.2) is 0 Å². The maximum absolute atomic E-state index is 12.4. The summed E-state index contributed by atoms with van der Waals surface area (Å²) in [7, 11) is -3.84. The summed E-state index contributed by atoms with van der Waals surface area (Å²) >= 11 is 17.2.